The Balaban J connectivity index is 1.59. The van der Waals surface area contributed by atoms with Gasteiger partial charge < -0.3 is 29.7 Å². The lowest BCUT2D eigenvalue weighted by molar-refractivity contribution is -0.201. The number of benzene rings is 1. The van der Waals surface area contributed by atoms with Crippen molar-refractivity contribution >= 4 is 36.3 Å². The highest BCUT2D eigenvalue weighted by Gasteiger charge is 2.64. The molecule has 3 heterocycles. The number of rotatable bonds is 11. The summed E-state index contributed by atoms with van der Waals surface area (Å²) in [5.41, 5.74) is -0.395. The average molecular weight is 581 g/mol. The van der Waals surface area contributed by atoms with Gasteiger partial charge >= 0.3 is 12.7 Å². The molecule has 2 fully saturated rings. The maximum Gasteiger partial charge on any atom is 0.576 e. The number of hydrogen-bond acceptors (Lipinski definition) is 9. The Bertz CT molecular complexity index is 1350. The van der Waals surface area contributed by atoms with Crippen LogP contribution in [0.2, 0.25) is 5.82 Å². The van der Waals surface area contributed by atoms with Crippen LogP contribution in [0.4, 0.5) is 0 Å². The molecule has 0 saturated carbocycles. The van der Waals surface area contributed by atoms with Gasteiger partial charge in [-0.15, -0.1) is 0 Å². The molecule has 2 saturated heterocycles. The van der Waals surface area contributed by atoms with Crippen LogP contribution < -0.4 is 10.6 Å². The predicted molar refractivity (Wildman–Crippen MR) is 152 cm³/mol. The van der Waals surface area contributed by atoms with E-state index in [1.165, 1.54) is 20.0 Å². The molecule has 2 amide bonds. The van der Waals surface area contributed by atoms with E-state index >= 15 is 0 Å². The van der Waals surface area contributed by atoms with Crippen LogP contribution in [0.1, 0.15) is 56.9 Å². The van der Waals surface area contributed by atoms with E-state index in [-0.39, 0.29) is 24.5 Å². The first kappa shape index (κ1) is 30.9. The normalized spacial score (nSPS) is 23.7. The quantitative estimate of drug-likeness (QED) is 0.262. The van der Waals surface area contributed by atoms with Crippen molar-refractivity contribution in [3.8, 4) is 11.3 Å². The molecule has 1 aromatic carbocycles. The molecular weight excluding hydrogens is 545 g/mol. The number of aromatic nitrogens is 1. The molecule has 2 bridgehead atoms. The first-order chi connectivity index (χ1) is 19.9. The van der Waals surface area contributed by atoms with Crippen molar-refractivity contribution in [3.63, 3.8) is 0 Å². The molecule has 5 atom stereocenters. The van der Waals surface area contributed by atoms with E-state index in [2.05, 4.69) is 20.3 Å². The van der Waals surface area contributed by atoms with Gasteiger partial charge in [-0.05, 0) is 37.2 Å². The third-order valence-corrected chi connectivity index (χ3v) is 7.53. The third-order valence-electron chi connectivity index (χ3n) is 7.53. The van der Waals surface area contributed by atoms with Gasteiger partial charge in [-0.1, -0.05) is 56.7 Å². The number of carbonyl (C=O) groups is 5. The smallest absolute Gasteiger partial charge is 0.576 e. The first-order valence-corrected chi connectivity index (χ1v) is 14.0. The summed E-state index contributed by atoms with van der Waals surface area (Å²) in [4.78, 5) is 69.6. The van der Waals surface area contributed by atoms with Gasteiger partial charge in [-0.25, -0.2) is 4.98 Å². The Morgan fingerprint density at radius 3 is 2.43 bits per heavy atom. The average Bonchev–Trinajstić information content (AvgIpc) is 2.94. The van der Waals surface area contributed by atoms with Crippen LogP contribution in [0.15, 0.2) is 48.5 Å². The number of fused-ring (bicyclic) bond motifs is 2. The van der Waals surface area contributed by atoms with Crippen LogP contribution >= 0.6 is 0 Å². The minimum atomic E-state index is -3.09. The lowest BCUT2D eigenvalue weighted by atomic mass is 9.55. The molecule has 2 aromatic rings. The number of ketones is 1. The maximum atomic E-state index is 13.7. The van der Waals surface area contributed by atoms with E-state index < -0.39 is 72.7 Å². The zero-order valence-corrected chi connectivity index (χ0v) is 24.0. The minimum Gasteiger partial charge on any atom is -0.718 e. The van der Waals surface area contributed by atoms with Gasteiger partial charge in [-0.2, -0.15) is 0 Å². The summed E-state index contributed by atoms with van der Waals surface area (Å²) >= 11 is 0. The van der Waals surface area contributed by atoms with Crippen LogP contribution in [0.3, 0.4) is 0 Å². The lowest BCUT2D eigenvalue weighted by Gasteiger charge is -2.55. The highest BCUT2D eigenvalue weighted by Crippen LogP contribution is 2.45. The number of amides is 2. The van der Waals surface area contributed by atoms with Crippen LogP contribution in [0.5, 0.6) is 0 Å². The number of nitrogens with one attached hydrogen (secondary N) is 2. The molecule has 2 aliphatic rings. The number of carboxylic acids is 1. The van der Waals surface area contributed by atoms with E-state index in [1.54, 1.807) is 12.1 Å². The molecule has 4 rings (SSSR count). The number of carbonyl (C=O) groups excluding carboxylic acids is 4. The van der Waals surface area contributed by atoms with Crippen molar-refractivity contribution in [3.05, 3.63) is 54.2 Å². The highest BCUT2D eigenvalue weighted by molar-refractivity contribution is 6.66. The lowest BCUT2D eigenvalue weighted by Crippen LogP contribution is -2.72. The van der Waals surface area contributed by atoms with Gasteiger partial charge in [0, 0.05) is 17.4 Å². The largest absolute Gasteiger partial charge is 0.718 e. The molecule has 0 radical (unpaired) electrons. The summed E-state index contributed by atoms with van der Waals surface area (Å²) in [5, 5.41) is 15.5. The number of aliphatic carboxylic acids is 1. The summed E-state index contributed by atoms with van der Waals surface area (Å²) in [6.45, 7) is 2.01. The zero-order chi connectivity index (χ0) is 30.7. The molecule has 224 valence electrons. The molecular formula is C29H36BN3O9. The zero-order valence-electron chi connectivity index (χ0n) is 24.0. The summed E-state index contributed by atoms with van der Waals surface area (Å²) in [5.74, 6) is -4.38. The number of aliphatic hydroxyl groups is 1. The van der Waals surface area contributed by atoms with Crippen molar-refractivity contribution in [1.29, 1.82) is 0 Å². The van der Waals surface area contributed by atoms with Gasteiger partial charge in [0.2, 0.25) is 5.91 Å². The summed E-state index contributed by atoms with van der Waals surface area (Å²) in [6.07, 6.45) is -2.33. The molecule has 13 heteroatoms. The number of aliphatic hydroxyl groups excluding tert-OH is 1. The Labute approximate surface area is 243 Å². The summed E-state index contributed by atoms with van der Waals surface area (Å²) < 4.78 is 15.7. The van der Waals surface area contributed by atoms with Gasteiger partial charge in [0.15, 0.2) is 5.78 Å². The highest BCUT2D eigenvalue weighted by atomic mass is 16.8. The van der Waals surface area contributed by atoms with Gasteiger partial charge in [0.1, 0.15) is 23.8 Å². The SMILES string of the molecule is CNC(=O)[C@@]12CC(=O)O[B-]([C@@H](CC(=O)[C@@H](NC(=O)c3cccc(-c4ccccc4)n3)[C@@H](C)O)CC(C)C)(O1)[OH+]C(=O)C2. The number of pyridine rings is 1. The predicted octanol–water partition coefficient (Wildman–Crippen LogP) is 1.45. The Morgan fingerprint density at radius 1 is 1.07 bits per heavy atom. The fraction of sp³-hybridized carbons (Fsp3) is 0.448. The molecule has 12 nitrogen and oxygen atoms in total. The van der Waals surface area contributed by atoms with Crippen LogP contribution in [-0.2, 0) is 28.5 Å². The van der Waals surface area contributed by atoms with Crippen molar-refractivity contribution in [1.82, 2.24) is 15.6 Å². The Kier molecular flexibility index (Phi) is 9.12. The Morgan fingerprint density at radius 2 is 1.79 bits per heavy atom. The third kappa shape index (κ3) is 6.52. The van der Waals surface area contributed by atoms with Gasteiger partial charge in [0.25, 0.3) is 11.9 Å². The molecule has 1 unspecified atom stereocenters. The second-order valence-electron chi connectivity index (χ2n) is 11.3. The van der Waals surface area contributed by atoms with E-state index in [9.17, 15) is 29.1 Å². The standard InChI is InChI=1S/C29H36BN3O9/c1-17(2)13-20(30-40-24(36)15-29(42-30,28(39)31-4)16-25(37)41-30)14-23(35)26(18(3)34)33-27(38)22-12-8-11-21(32-22)19-9-6-5-7-10-19/h5-12,17-18,20,26,34,40H,13-16H2,1-4H3,(H,31,39)(H,33,38)/t18-,20-,26+,29-,30?/m1/s1. The number of Topliss-reactive ketones (excluding diaryl/α,β-unsaturated/α-hetero) is 1. The van der Waals surface area contributed by atoms with Crippen molar-refractivity contribution in [2.75, 3.05) is 7.05 Å². The van der Waals surface area contributed by atoms with E-state index in [0.717, 1.165) is 5.56 Å². The minimum absolute atomic E-state index is 0.0455. The summed E-state index contributed by atoms with van der Waals surface area (Å²) in [7, 11) is 1.36. The summed E-state index contributed by atoms with van der Waals surface area (Å²) in [6, 6.07) is 12.8. The molecule has 2 aliphatic heterocycles. The van der Waals surface area contributed by atoms with Crippen LogP contribution in [-0.4, -0.2) is 75.8 Å². The molecule has 42 heavy (non-hydrogen) atoms. The van der Waals surface area contributed by atoms with Crippen molar-refractivity contribution in [2.24, 2.45) is 5.92 Å². The van der Waals surface area contributed by atoms with Crippen molar-refractivity contribution in [2.45, 2.75) is 70.0 Å². The topological polar surface area (TPSA) is 174 Å². The maximum absolute atomic E-state index is 13.7. The van der Waals surface area contributed by atoms with Crippen LogP contribution in [0.25, 0.3) is 11.3 Å². The van der Waals surface area contributed by atoms with Crippen LogP contribution in [0, 0.1) is 5.92 Å². The van der Waals surface area contributed by atoms with E-state index in [1.807, 2.05) is 44.2 Å². The molecule has 1 aromatic heterocycles. The number of hydrogen-bond donors (Lipinski definition) is 3. The van der Waals surface area contributed by atoms with E-state index in [0.29, 0.717) is 5.69 Å². The molecule has 4 N–H and O–H groups in total. The van der Waals surface area contributed by atoms with E-state index in [4.69, 9.17) is 9.31 Å². The van der Waals surface area contributed by atoms with Gasteiger partial charge in [-0.3, -0.25) is 19.2 Å². The second kappa shape index (κ2) is 12.4. The number of likely N-dealkylation sites (N-methyl/N-ethyl adjacent to an activating group) is 1. The van der Waals surface area contributed by atoms with Crippen molar-refractivity contribution < 1.29 is 43.0 Å². The first-order valence-electron chi connectivity index (χ1n) is 14.0. The fourth-order valence-electron chi connectivity index (χ4n) is 5.65. The Hall–Kier alpha value is -4.10. The fourth-order valence-corrected chi connectivity index (χ4v) is 5.65. The second-order valence-corrected chi connectivity index (χ2v) is 11.3. The molecule has 0 aliphatic carbocycles. The molecule has 0 spiro atoms. The number of nitrogens with zero attached hydrogens (tertiary/aromatic N) is 1. The van der Waals surface area contributed by atoms with Gasteiger partial charge in [0.05, 0.1) is 18.2 Å². The monoisotopic (exact) mass is 581 g/mol.